The zero-order valence-corrected chi connectivity index (χ0v) is 11.2. The highest BCUT2D eigenvalue weighted by atomic mass is 35.5. The van der Waals surface area contributed by atoms with Gasteiger partial charge in [0, 0.05) is 25.2 Å². The molecule has 2 fully saturated rings. The first-order valence-corrected chi connectivity index (χ1v) is 7.04. The fourth-order valence-electron chi connectivity index (χ4n) is 2.78. The second-order valence-electron chi connectivity index (χ2n) is 5.30. The SMILES string of the molecule is Clc1nc(NC2CCN(C3CC3)C2)c2[nH]cnc2n1. The van der Waals surface area contributed by atoms with E-state index in [9.17, 15) is 0 Å². The van der Waals surface area contributed by atoms with E-state index in [1.165, 1.54) is 19.4 Å². The molecule has 0 bridgehead atoms. The predicted molar refractivity (Wildman–Crippen MR) is 73.3 cm³/mol. The number of hydrogen-bond donors (Lipinski definition) is 2. The molecule has 4 rings (SSSR count). The van der Waals surface area contributed by atoms with Gasteiger partial charge in [-0.2, -0.15) is 9.97 Å². The van der Waals surface area contributed by atoms with Gasteiger partial charge in [0.2, 0.25) is 5.28 Å². The summed E-state index contributed by atoms with van der Waals surface area (Å²) in [6.07, 6.45) is 5.48. The standard InChI is InChI=1S/C12H15ClN6/c13-12-17-10-9(14-6-15-10)11(18-12)16-7-3-4-19(5-7)8-1-2-8/h6-8H,1-5H2,(H2,14,15,16,17,18). The fraction of sp³-hybridized carbons (Fsp3) is 0.583. The Bertz CT molecular complexity index is 607. The van der Waals surface area contributed by atoms with Gasteiger partial charge in [-0.1, -0.05) is 0 Å². The molecular formula is C12H15ClN6. The number of nitrogens with one attached hydrogen (secondary N) is 2. The number of halogens is 1. The molecule has 0 amide bonds. The number of rotatable bonds is 3. The van der Waals surface area contributed by atoms with Crippen LogP contribution in [0, 0.1) is 0 Å². The maximum Gasteiger partial charge on any atom is 0.226 e. The van der Waals surface area contributed by atoms with Crippen molar-refractivity contribution in [3.63, 3.8) is 0 Å². The van der Waals surface area contributed by atoms with Crippen molar-refractivity contribution in [1.82, 2.24) is 24.8 Å². The van der Waals surface area contributed by atoms with Crippen molar-refractivity contribution in [3.8, 4) is 0 Å². The quantitative estimate of drug-likeness (QED) is 0.836. The fourth-order valence-corrected chi connectivity index (χ4v) is 2.95. The van der Waals surface area contributed by atoms with Gasteiger partial charge >= 0.3 is 0 Å². The van der Waals surface area contributed by atoms with Crippen LogP contribution in [-0.2, 0) is 0 Å². The predicted octanol–water partition coefficient (Wildman–Crippen LogP) is 1.65. The molecule has 1 saturated heterocycles. The normalized spacial score (nSPS) is 24.2. The summed E-state index contributed by atoms with van der Waals surface area (Å²) in [6.45, 7) is 2.26. The van der Waals surface area contributed by atoms with Gasteiger partial charge in [0.25, 0.3) is 0 Å². The van der Waals surface area contributed by atoms with Crippen molar-refractivity contribution in [2.45, 2.75) is 31.3 Å². The van der Waals surface area contributed by atoms with E-state index in [4.69, 9.17) is 11.6 Å². The highest BCUT2D eigenvalue weighted by Crippen LogP contribution is 2.31. The number of hydrogen-bond acceptors (Lipinski definition) is 5. The summed E-state index contributed by atoms with van der Waals surface area (Å²) in [5, 5.41) is 3.71. The molecule has 7 heteroatoms. The van der Waals surface area contributed by atoms with Crippen LogP contribution in [0.2, 0.25) is 5.28 Å². The van der Waals surface area contributed by atoms with Crippen molar-refractivity contribution in [2.24, 2.45) is 0 Å². The number of fused-ring (bicyclic) bond motifs is 1. The number of aromatic nitrogens is 4. The highest BCUT2D eigenvalue weighted by molar-refractivity contribution is 6.28. The zero-order valence-electron chi connectivity index (χ0n) is 10.4. The molecule has 100 valence electrons. The lowest BCUT2D eigenvalue weighted by Crippen LogP contribution is -2.28. The molecule has 19 heavy (non-hydrogen) atoms. The number of nitrogens with zero attached hydrogens (tertiary/aromatic N) is 4. The average Bonchev–Trinajstić information content (AvgIpc) is 2.95. The van der Waals surface area contributed by atoms with Crippen LogP contribution in [0.1, 0.15) is 19.3 Å². The summed E-state index contributed by atoms with van der Waals surface area (Å²) in [5.41, 5.74) is 1.44. The Kier molecular flexibility index (Phi) is 2.60. The van der Waals surface area contributed by atoms with Crippen molar-refractivity contribution >= 4 is 28.6 Å². The first-order valence-electron chi connectivity index (χ1n) is 6.67. The summed E-state index contributed by atoms with van der Waals surface area (Å²) in [7, 11) is 0. The van der Waals surface area contributed by atoms with Crippen molar-refractivity contribution in [3.05, 3.63) is 11.6 Å². The van der Waals surface area contributed by atoms with Crippen LogP contribution in [0.25, 0.3) is 11.2 Å². The lowest BCUT2D eigenvalue weighted by molar-refractivity contribution is 0.326. The topological polar surface area (TPSA) is 69.7 Å². The monoisotopic (exact) mass is 278 g/mol. The minimum absolute atomic E-state index is 0.235. The lowest BCUT2D eigenvalue weighted by Gasteiger charge is -2.16. The van der Waals surface area contributed by atoms with E-state index in [1.54, 1.807) is 6.33 Å². The number of imidazole rings is 1. The minimum Gasteiger partial charge on any atom is -0.364 e. The van der Waals surface area contributed by atoms with Crippen molar-refractivity contribution in [2.75, 3.05) is 18.4 Å². The first-order chi connectivity index (χ1) is 9.29. The van der Waals surface area contributed by atoms with Crippen LogP contribution in [0.3, 0.4) is 0 Å². The number of likely N-dealkylation sites (tertiary alicyclic amines) is 1. The van der Waals surface area contributed by atoms with Gasteiger partial charge in [0.15, 0.2) is 11.5 Å². The molecule has 0 spiro atoms. The van der Waals surface area contributed by atoms with Crippen LogP contribution in [0.15, 0.2) is 6.33 Å². The zero-order chi connectivity index (χ0) is 12.8. The number of H-pyrrole nitrogens is 1. The minimum atomic E-state index is 0.235. The Hall–Kier alpha value is -1.40. The van der Waals surface area contributed by atoms with Crippen LogP contribution >= 0.6 is 11.6 Å². The average molecular weight is 279 g/mol. The van der Waals surface area contributed by atoms with E-state index in [0.29, 0.717) is 11.7 Å². The molecule has 1 aliphatic carbocycles. The third-order valence-corrected chi connectivity index (χ3v) is 4.05. The Morgan fingerprint density at radius 1 is 1.32 bits per heavy atom. The largest absolute Gasteiger partial charge is 0.364 e. The van der Waals surface area contributed by atoms with Crippen LogP contribution in [0.4, 0.5) is 5.82 Å². The van der Waals surface area contributed by atoms with E-state index in [1.807, 2.05) is 0 Å². The summed E-state index contributed by atoms with van der Waals surface area (Å²) >= 11 is 5.93. The number of aromatic amines is 1. The number of anilines is 1. The lowest BCUT2D eigenvalue weighted by atomic mass is 10.2. The molecular weight excluding hydrogens is 264 g/mol. The summed E-state index contributed by atoms with van der Waals surface area (Å²) in [5.74, 6) is 0.759. The van der Waals surface area contributed by atoms with Gasteiger partial charge in [0.1, 0.15) is 5.52 Å². The van der Waals surface area contributed by atoms with Gasteiger partial charge in [-0.3, -0.25) is 4.90 Å². The van der Waals surface area contributed by atoms with Gasteiger partial charge < -0.3 is 10.3 Å². The van der Waals surface area contributed by atoms with E-state index >= 15 is 0 Å². The summed E-state index contributed by atoms with van der Waals surface area (Å²) in [4.78, 5) is 18.1. The molecule has 3 heterocycles. The van der Waals surface area contributed by atoms with Gasteiger partial charge in [-0.15, -0.1) is 0 Å². The molecule has 2 N–H and O–H groups in total. The van der Waals surface area contributed by atoms with Gasteiger partial charge in [0.05, 0.1) is 6.33 Å². The highest BCUT2D eigenvalue weighted by Gasteiger charge is 2.34. The second kappa shape index (κ2) is 4.31. The molecule has 2 aromatic heterocycles. The molecule has 0 aromatic carbocycles. The summed E-state index contributed by atoms with van der Waals surface area (Å²) in [6, 6.07) is 1.26. The Balaban J connectivity index is 1.56. The van der Waals surface area contributed by atoms with Crippen molar-refractivity contribution < 1.29 is 0 Å². The smallest absolute Gasteiger partial charge is 0.226 e. The van der Waals surface area contributed by atoms with E-state index in [0.717, 1.165) is 30.3 Å². The Morgan fingerprint density at radius 3 is 3.05 bits per heavy atom. The van der Waals surface area contributed by atoms with E-state index in [-0.39, 0.29) is 5.28 Å². The molecule has 1 saturated carbocycles. The maximum absolute atomic E-state index is 5.93. The molecule has 1 atom stereocenters. The summed E-state index contributed by atoms with van der Waals surface area (Å²) < 4.78 is 0. The first kappa shape index (κ1) is 11.4. The molecule has 0 radical (unpaired) electrons. The van der Waals surface area contributed by atoms with E-state index < -0.39 is 0 Å². The third-order valence-electron chi connectivity index (χ3n) is 3.88. The maximum atomic E-state index is 5.93. The van der Waals surface area contributed by atoms with Crippen LogP contribution in [0.5, 0.6) is 0 Å². The Labute approximate surface area is 115 Å². The van der Waals surface area contributed by atoms with Crippen molar-refractivity contribution in [1.29, 1.82) is 0 Å². The van der Waals surface area contributed by atoms with Crippen LogP contribution in [-0.4, -0.2) is 50.0 Å². The molecule has 2 aliphatic rings. The van der Waals surface area contributed by atoms with E-state index in [2.05, 4.69) is 30.2 Å². The molecule has 1 unspecified atom stereocenters. The van der Waals surface area contributed by atoms with Crippen LogP contribution < -0.4 is 5.32 Å². The Morgan fingerprint density at radius 2 is 2.21 bits per heavy atom. The second-order valence-corrected chi connectivity index (χ2v) is 5.64. The van der Waals surface area contributed by atoms with Gasteiger partial charge in [-0.25, -0.2) is 4.98 Å². The van der Waals surface area contributed by atoms with Gasteiger partial charge in [-0.05, 0) is 30.9 Å². The third kappa shape index (κ3) is 2.15. The molecule has 6 nitrogen and oxygen atoms in total. The molecule has 2 aromatic rings. The molecule has 1 aliphatic heterocycles.